The molecule has 0 saturated carbocycles. The van der Waals surface area contributed by atoms with Crippen molar-refractivity contribution in [1.29, 1.82) is 0 Å². The van der Waals surface area contributed by atoms with Crippen molar-refractivity contribution in [3.8, 4) is 0 Å². The Morgan fingerprint density at radius 1 is 1.43 bits per heavy atom. The molecule has 1 aliphatic heterocycles. The maximum atomic E-state index is 12.3. The van der Waals surface area contributed by atoms with Crippen LogP contribution in [0.4, 0.5) is 5.69 Å². The van der Waals surface area contributed by atoms with Gasteiger partial charge in [0.25, 0.3) is 11.6 Å². The normalized spacial score (nSPS) is 21.3. The molecule has 1 aromatic rings. The summed E-state index contributed by atoms with van der Waals surface area (Å²) < 4.78 is 0. The van der Waals surface area contributed by atoms with Crippen molar-refractivity contribution in [2.24, 2.45) is 0 Å². The number of carbonyl (C=O) groups excluding carboxylic acids is 1. The van der Waals surface area contributed by atoms with Crippen LogP contribution in [0.1, 0.15) is 16.8 Å². The molecular formula is C12H11ClN2O6. The Kier molecular flexibility index (Phi) is 4.10. The first kappa shape index (κ1) is 15.2. The van der Waals surface area contributed by atoms with Gasteiger partial charge in [-0.15, -0.1) is 0 Å². The number of hydrogen-bond acceptors (Lipinski definition) is 5. The Morgan fingerprint density at radius 2 is 2.10 bits per heavy atom. The highest BCUT2D eigenvalue weighted by Gasteiger charge is 2.40. The van der Waals surface area contributed by atoms with Crippen molar-refractivity contribution in [3.63, 3.8) is 0 Å². The van der Waals surface area contributed by atoms with Gasteiger partial charge in [-0.3, -0.25) is 14.9 Å². The van der Waals surface area contributed by atoms with Gasteiger partial charge < -0.3 is 15.1 Å². The minimum absolute atomic E-state index is 0.0921. The second kappa shape index (κ2) is 5.66. The van der Waals surface area contributed by atoms with Crippen LogP contribution in [0.5, 0.6) is 0 Å². The van der Waals surface area contributed by atoms with Crippen molar-refractivity contribution in [1.82, 2.24) is 4.90 Å². The van der Waals surface area contributed by atoms with E-state index >= 15 is 0 Å². The zero-order valence-corrected chi connectivity index (χ0v) is 11.4. The van der Waals surface area contributed by atoms with Gasteiger partial charge in [0, 0.05) is 24.1 Å². The molecule has 9 heteroatoms. The van der Waals surface area contributed by atoms with Gasteiger partial charge in [-0.1, -0.05) is 11.6 Å². The number of benzene rings is 1. The van der Waals surface area contributed by atoms with Gasteiger partial charge in [0.1, 0.15) is 11.6 Å². The van der Waals surface area contributed by atoms with Crippen molar-refractivity contribution in [2.45, 2.75) is 18.6 Å². The Morgan fingerprint density at radius 3 is 2.67 bits per heavy atom. The summed E-state index contributed by atoms with van der Waals surface area (Å²) in [5, 5.41) is 29.7. The average Bonchev–Trinajstić information content (AvgIpc) is 2.80. The number of rotatable bonds is 3. The van der Waals surface area contributed by atoms with Crippen LogP contribution in [0, 0.1) is 10.1 Å². The SMILES string of the molecule is O=C(O)[C@@H]1C[C@H](O)CN1C(=O)c1ccc(Cl)cc1[N+](=O)[O-]. The van der Waals surface area contributed by atoms with E-state index in [1.54, 1.807) is 0 Å². The van der Waals surface area contributed by atoms with Crippen molar-refractivity contribution >= 4 is 29.2 Å². The van der Waals surface area contributed by atoms with Gasteiger partial charge in [-0.25, -0.2) is 4.79 Å². The minimum Gasteiger partial charge on any atom is -0.480 e. The van der Waals surface area contributed by atoms with E-state index in [2.05, 4.69) is 0 Å². The fourth-order valence-electron chi connectivity index (χ4n) is 2.26. The highest BCUT2D eigenvalue weighted by atomic mass is 35.5. The number of carboxylic acid groups (broad SMARTS) is 1. The lowest BCUT2D eigenvalue weighted by Gasteiger charge is -2.21. The first-order valence-corrected chi connectivity index (χ1v) is 6.35. The summed E-state index contributed by atoms with van der Waals surface area (Å²) in [6.07, 6.45) is -1.08. The van der Waals surface area contributed by atoms with E-state index in [4.69, 9.17) is 16.7 Å². The molecule has 1 fully saturated rings. The number of nitro groups is 1. The summed E-state index contributed by atoms with van der Waals surface area (Å²) in [5.41, 5.74) is -0.761. The molecule has 0 radical (unpaired) electrons. The number of β-amino-alcohol motifs (C(OH)–C–C–N with tert-alkyl or cyclic N) is 1. The molecule has 1 aromatic carbocycles. The molecule has 0 bridgehead atoms. The number of aliphatic carboxylic acids is 1. The first-order chi connectivity index (χ1) is 9.81. The van der Waals surface area contributed by atoms with E-state index in [1.807, 2.05) is 0 Å². The quantitative estimate of drug-likeness (QED) is 0.631. The lowest BCUT2D eigenvalue weighted by atomic mass is 10.1. The molecule has 0 aromatic heterocycles. The van der Waals surface area contributed by atoms with Gasteiger partial charge in [-0.05, 0) is 12.1 Å². The smallest absolute Gasteiger partial charge is 0.326 e. The van der Waals surface area contributed by atoms with Crippen LogP contribution in [0.2, 0.25) is 5.02 Å². The number of hydrogen-bond donors (Lipinski definition) is 2. The maximum Gasteiger partial charge on any atom is 0.326 e. The summed E-state index contributed by atoms with van der Waals surface area (Å²) in [4.78, 5) is 34.6. The number of nitrogens with zero attached hydrogens (tertiary/aromatic N) is 2. The standard InChI is InChI=1S/C12H11ClN2O6/c13-6-1-2-8(9(3-6)15(20)21)11(17)14-5-7(16)4-10(14)12(18)19/h1-3,7,10,16H,4-5H2,(H,18,19)/t7-,10-/m0/s1. The Bertz CT molecular complexity index is 620. The Balaban J connectivity index is 2.40. The summed E-state index contributed by atoms with van der Waals surface area (Å²) in [6.45, 7) is -0.185. The van der Waals surface area contributed by atoms with E-state index in [0.29, 0.717) is 0 Å². The van der Waals surface area contributed by atoms with E-state index in [9.17, 15) is 24.8 Å². The molecule has 0 aliphatic carbocycles. The highest BCUT2D eigenvalue weighted by Crippen LogP contribution is 2.27. The van der Waals surface area contributed by atoms with Crippen LogP contribution in [-0.4, -0.2) is 50.6 Å². The third kappa shape index (κ3) is 2.96. The van der Waals surface area contributed by atoms with Crippen LogP contribution >= 0.6 is 11.6 Å². The van der Waals surface area contributed by atoms with Gasteiger partial charge in [-0.2, -0.15) is 0 Å². The second-order valence-corrected chi connectivity index (χ2v) is 5.06. The van der Waals surface area contributed by atoms with Gasteiger partial charge in [0.15, 0.2) is 0 Å². The molecule has 2 N–H and O–H groups in total. The Hall–Kier alpha value is -2.19. The number of nitro benzene ring substituents is 1. The number of aliphatic hydroxyl groups is 1. The fourth-order valence-corrected chi connectivity index (χ4v) is 2.43. The molecule has 1 heterocycles. The molecule has 1 saturated heterocycles. The minimum atomic E-state index is -1.27. The molecular weight excluding hydrogens is 304 g/mol. The van der Waals surface area contributed by atoms with Crippen LogP contribution in [0.3, 0.4) is 0 Å². The predicted octanol–water partition coefficient (Wildman–Crippen LogP) is 0.908. The van der Waals surface area contributed by atoms with Crippen LogP contribution < -0.4 is 0 Å². The second-order valence-electron chi connectivity index (χ2n) is 4.62. The molecule has 0 spiro atoms. The third-order valence-electron chi connectivity index (χ3n) is 3.21. The van der Waals surface area contributed by atoms with Crippen molar-refractivity contribution in [3.05, 3.63) is 38.9 Å². The summed E-state index contributed by atoms with van der Waals surface area (Å²) >= 11 is 5.66. The molecule has 2 atom stereocenters. The number of carboxylic acids is 1. The summed E-state index contributed by atoms with van der Waals surface area (Å²) in [6, 6.07) is 2.30. The zero-order valence-electron chi connectivity index (χ0n) is 10.6. The summed E-state index contributed by atoms with van der Waals surface area (Å²) in [7, 11) is 0. The zero-order chi connectivity index (χ0) is 15.7. The monoisotopic (exact) mass is 314 g/mol. The number of carbonyl (C=O) groups is 2. The molecule has 112 valence electrons. The topological polar surface area (TPSA) is 121 Å². The van der Waals surface area contributed by atoms with E-state index in [-0.39, 0.29) is 23.6 Å². The molecule has 2 rings (SSSR count). The number of likely N-dealkylation sites (tertiary alicyclic amines) is 1. The van der Waals surface area contributed by atoms with E-state index in [0.717, 1.165) is 11.0 Å². The summed E-state index contributed by atoms with van der Waals surface area (Å²) in [5.74, 6) is -2.08. The van der Waals surface area contributed by atoms with Crippen LogP contribution in [-0.2, 0) is 4.79 Å². The number of halogens is 1. The molecule has 1 aliphatic rings. The third-order valence-corrected chi connectivity index (χ3v) is 3.45. The number of aliphatic hydroxyl groups excluding tert-OH is 1. The molecule has 0 unspecified atom stereocenters. The first-order valence-electron chi connectivity index (χ1n) is 5.97. The van der Waals surface area contributed by atoms with Gasteiger partial charge in [0.2, 0.25) is 0 Å². The lowest BCUT2D eigenvalue weighted by molar-refractivity contribution is -0.385. The highest BCUT2D eigenvalue weighted by molar-refractivity contribution is 6.31. The van der Waals surface area contributed by atoms with E-state index < -0.39 is 34.6 Å². The van der Waals surface area contributed by atoms with Gasteiger partial charge in [0.05, 0.1) is 11.0 Å². The predicted molar refractivity (Wildman–Crippen MR) is 71.2 cm³/mol. The van der Waals surface area contributed by atoms with Crippen molar-refractivity contribution < 1.29 is 24.7 Å². The molecule has 8 nitrogen and oxygen atoms in total. The average molecular weight is 315 g/mol. The molecule has 1 amide bonds. The van der Waals surface area contributed by atoms with Crippen LogP contribution in [0.15, 0.2) is 18.2 Å². The maximum absolute atomic E-state index is 12.3. The van der Waals surface area contributed by atoms with Crippen LogP contribution in [0.25, 0.3) is 0 Å². The largest absolute Gasteiger partial charge is 0.480 e. The molecule has 21 heavy (non-hydrogen) atoms. The number of amides is 1. The fraction of sp³-hybridized carbons (Fsp3) is 0.333. The van der Waals surface area contributed by atoms with E-state index in [1.165, 1.54) is 12.1 Å². The van der Waals surface area contributed by atoms with Crippen molar-refractivity contribution in [2.75, 3.05) is 6.54 Å². The Labute approximate surface area is 123 Å². The lowest BCUT2D eigenvalue weighted by Crippen LogP contribution is -2.40. The van der Waals surface area contributed by atoms with Gasteiger partial charge >= 0.3 is 5.97 Å².